The Morgan fingerprint density at radius 3 is 2.21 bits per heavy atom. The summed E-state index contributed by atoms with van der Waals surface area (Å²) in [5, 5.41) is 8.98. The van der Waals surface area contributed by atoms with Crippen LogP contribution < -0.4 is 0 Å². The molecule has 2 rings (SSSR count). The predicted molar refractivity (Wildman–Crippen MR) is 73.4 cm³/mol. The summed E-state index contributed by atoms with van der Waals surface area (Å²) >= 11 is 0. The highest BCUT2D eigenvalue weighted by Gasteiger charge is 2.14. The molecule has 0 aliphatic carbocycles. The van der Waals surface area contributed by atoms with E-state index >= 15 is 0 Å². The number of hydrogen-bond acceptors (Lipinski definition) is 3. The first kappa shape index (κ1) is 13.2. The van der Waals surface area contributed by atoms with Gasteiger partial charge >= 0.3 is 5.97 Å². The van der Waals surface area contributed by atoms with Crippen LogP contribution in [0.25, 0.3) is 11.3 Å². The molecule has 0 aliphatic heterocycles. The van der Waals surface area contributed by atoms with E-state index < -0.39 is 5.97 Å². The minimum absolute atomic E-state index is 0.171. The average Bonchev–Trinajstić information content (AvgIpc) is 2.37. The first-order chi connectivity index (χ1) is 8.91. The fraction of sp³-hybridized carbons (Fsp3) is 0.267. The Morgan fingerprint density at radius 2 is 1.68 bits per heavy atom. The maximum atomic E-state index is 11.0. The van der Waals surface area contributed by atoms with Crippen molar-refractivity contribution < 1.29 is 9.90 Å². The zero-order valence-corrected chi connectivity index (χ0v) is 11.5. The lowest BCUT2D eigenvalue weighted by Crippen LogP contribution is -2.05. The van der Waals surface area contributed by atoms with E-state index in [-0.39, 0.29) is 5.82 Å². The summed E-state index contributed by atoms with van der Waals surface area (Å²) in [5.41, 5.74) is 6.26. The maximum Gasteiger partial charge on any atom is 0.373 e. The van der Waals surface area contributed by atoms with Crippen LogP contribution in [-0.4, -0.2) is 21.0 Å². The van der Waals surface area contributed by atoms with Crippen LogP contribution in [0.15, 0.2) is 18.3 Å². The Morgan fingerprint density at radius 1 is 1.11 bits per heavy atom. The molecule has 2 aromatic rings. The van der Waals surface area contributed by atoms with Crippen molar-refractivity contribution in [1.82, 2.24) is 9.97 Å². The zero-order valence-electron chi connectivity index (χ0n) is 11.5. The molecular weight excluding hydrogens is 240 g/mol. The third kappa shape index (κ3) is 2.34. The smallest absolute Gasteiger partial charge is 0.373 e. The standard InChI is InChI=1S/C15H16N2O2/c1-8-7-9(2)11(4)13(10(8)3)12-5-6-16-14(17-12)15(18)19/h5-7H,1-4H3,(H,18,19). The molecule has 0 bridgehead atoms. The fourth-order valence-electron chi connectivity index (χ4n) is 2.20. The number of hydrogen-bond donors (Lipinski definition) is 1. The van der Waals surface area contributed by atoms with Crippen LogP contribution in [0.4, 0.5) is 0 Å². The zero-order chi connectivity index (χ0) is 14.2. The van der Waals surface area contributed by atoms with Crippen molar-refractivity contribution in [3.05, 3.63) is 46.4 Å². The molecule has 4 heteroatoms. The van der Waals surface area contributed by atoms with Crippen molar-refractivity contribution in [1.29, 1.82) is 0 Å². The van der Waals surface area contributed by atoms with E-state index in [0.717, 1.165) is 16.7 Å². The summed E-state index contributed by atoms with van der Waals surface area (Å²) in [4.78, 5) is 18.9. The molecule has 19 heavy (non-hydrogen) atoms. The molecule has 0 atom stereocenters. The fourth-order valence-corrected chi connectivity index (χ4v) is 2.20. The van der Waals surface area contributed by atoms with Crippen LogP contribution >= 0.6 is 0 Å². The molecule has 1 aromatic heterocycles. The largest absolute Gasteiger partial charge is 0.475 e. The lowest BCUT2D eigenvalue weighted by molar-refractivity contribution is 0.0683. The van der Waals surface area contributed by atoms with E-state index in [0.29, 0.717) is 5.69 Å². The van der Waals surface area contributed by atoms with Gasteiger partial charge in [0.1, 0.15) is 0 Å². The highest BCUT2D eigenvalue weighted by atomic mass is 16.4. The average molecular weight is 256 g/mol. The quantitative estimate of drug-likeness (QED) is 0.896. The Balaban J connectivity index is 2.72. The predicted octanol–water partition coefficient (Wildman–Crippen LogP) is 3.08. The van der Waals surface area contributed by atoms with Crippen molar-refractivity contribution >= 4 is 5.97 Å². The summed E-state index contributed by atoms with van der Waals surface area (Å²) < 4.78 is 0. The number of rotatable bonds is 2. The minimum atomic E-state index is -1.11. The Kier molecular flexibility index (Phi) is 3.34. The molecule has 0 saturated heterocycles. The molecule has 0 aliphatic rings. The second-order valence-corrected chi connectivity index (χ2v) is 4.71. The van der Waals surface area contributed by atoms with E-state index in [1.54, 1.807) is 6.07 Å². The number of carbonyl (C=O) groups is 1. The van der Waals surface area contributed by atoms with Gasteiger partial charge in [-0.1, -0.05) is 6.07 Å². The van der Waals surface area contributed by atoms with E-state index in [1.807, 2.05) is 27.7 Å². The number of aromatic nitrogens is 2. The summed E-state index contributed by atoms with van der Waals surface area (Å²) in [7, 11) is 0. The molecule has 0 amide bonds. The highest BCUT2D eigenvalue weighted by Crippen LogP contribution is 2.30. The van der Waals surface area contributed by atoms with E-state index in [1.165, 1.54) is 17.3 Å². The molecule has 98 valence electrons. The van der Waals surface area contributed by atoms with Gasteiger partial charge in [0, 0.05) is 11.8 Å². The molecule has 1 N–H and O–H groups in total. The molecule has 0 fully saturated rings. The third-order valence-electron chi connectivity index (χ3n) is 3.47. The number of carboxylic acids is 1. The SMILES string of the molecule is Cc1cc(C)c(C)c(-c2ccnc(C(=O)O)n2)c1C. The van der Waals surface area contributed by atoms with Gasteiger partial charge in [0.2, 0.25) is 5.82 Å². The summed E-state index contributed by atoms with van der Waals surface area (Å²) in [6.45, 7) is 8.15. The molecule has 0 radical (unpaired) electrons. The molecule has 0 spiro atoms. The van der Waals surface area contributed by atoms with Gasteiger partial charge in [-0.2, -0.15) is 0 Å². The normalized spacial score (nSPS) is 10.5. The van der Waals surface area contributed by atoms with Crippen LogP contribution in [0.3, 0.4) is 0 Å². The molecule has 0 saturated carbocycles. The summed E-state index contributed by atoms with van der Waals surface area (Å²) in [6.07, 6.45) is 1.49. The first-order valence-electron chi connectivity index (χ1n) is 6.06. The Bertz CT molecular complexity index is 637. The molecule has 1 aromatic carbocycles. The van der Waals surface area contributed by atoms with Crippen LogP contribution in [0, 0.1) is 27.7 Å². The highest BCUT2D eigenvalue weighted by molar-refractivity contribution is 5.84. The second kappa shape index (κ2) is 4.80. The van der Waals surface area contributed by atoms with E-state index in [4.69, 9.17) is 5.11 Å². The number of aryl methyl sites for hydroxylation is 2. The van der Waals surface area contributed by atoms with E-state index in [2.05, 4.69) is 16.0 Å². The maximum absolute atomic E-state index is 11.0. The topological polar surface area (TPSA) is 63.1 Å². The van der Waals surface area contributed by atoms with Gasteiger partial charge in [-0.25, -0.2) is 14.8 Å². The lowest BCUT2D eigenvalue weighted by Gasteiger charge is -2.14. The Labute approximate surface area is 112 Å². The molecular formula is C15H16N2O2. The number of benzene rings is 1. The minimum Gasteiger partial charge on any atom is -0.475 e. The van der Waals surface area contributed by atoms with Crippen LogP contribution in [0.2, 0.25) is 0 Å². The Hall–Kier alpha value is -2.23. The number of nitrogens with zero attached hydrogens (tertiary/aromatic N) is 2. The van der Waals surface area contributed by atoms with Gasteiger partial charge in [0.05, 0.1) is 5.69 Å². The van der Waals surface area contributed by atoms with Crippen molar-refractivity contribution in [2.75, 3.05) is 0 Å². The molecule has 0 unspecified atom stereocenters. The van der Waals surface area contributed by atoms with Crippen molar-refractivity contribution in [3.63, 3.8) is 0 Å². The number of aromatic carboxylic acids is 1. The van der Waals surface area contributed by atoms with E-state index in [9.17, 15) is 4.79 Å². The molecule has 1 heterocycles. The van der Waals surface area contributed by atoms with Gasteiger partial charge in [-0.3, -0.25) is 0 Å². The van der Waals surface area contributed by atoms with Gasteiger partial charge < -0.3 is 5.11 Å². The van der Waals surface area contributed by atoms with Gasteiger partial charge in [-0.15, -0.1) is 0 Å². The van der Waals surface area contributed by atoms with Crippen LogP contribution in [0.5, 0.6) is 0 Å². The molecule has 4 nitrogen and oxygen atoms in total. The van der Waals surface area contributed by atoms with Crippen molar-refractivity contribution in [2.45, 2.75) is 27.7 Å². The van der Waals surface area contributed by atoms with Crippen molar-refractivity contribution in [3.8, 4) is 11.3 Å². The summed E-state index contributed by atoms with van der Waals surface area (Å²) in [5.74, 6) is -1.28. The third-order valence-corrected chi connectivity index (χ3v) is 3.47. The number of carboxylic acid groups (broad SMARTS) is 1. The van der Waals surface area contributed by atoms with Gasteiger partial charge in [0.25, 0.3) is 0 Å². The van der Waals surface area contributed by atoms with Crippen LogP contribution in [-0.2, 0) is 0 Å². The summed E-state index contributed by atoms with van der Waals surface area (Å²) in [6, 6.07) is 3.88. The lowest BCUT2D eigenvalue weighted by atomic mass is 9.92. The van der Waals surface area contributed by atoms with Crippen LogP contribution in [0.1, 0.15) is 32.9 Å². The first-order valence-corrected chi connectivity index (χ1v) is 6.06. The van der Waals surface area contributed by atoms with Gasteiger partial charge in [-0.05, 0) is 56.0 Å². The second-order valence-electron chi connectivity index (χ2n) is 4.71. The monoisotopic (exact) mass is 256 g/mol. The van der Waals surface area contributed by atoms with Crippen molar-refractivity contribution in [2.24, 2.45) is 0 Å². The van der Waals surface area contributed by atoms with Gasteiger partial charge in [0.15, 0.2) is 0 Å².